The summed E-state index contributed by atoms with van der Waals surface area (Å²) in [5.74, 6) is 1.96. The molecule has 1 amide bonds. The lowest BCUT2D eigenvalue weighted by Gasteiger charge is -2.30. The number of amides is 1. The molecule has 4 aliphatic rings. The number of hydrogen-bond donors (Lipinski definition) is 1. The Balaban J connectivity index is 0.00000121. The van der Waals surface area contributed by atoms with Gasteiger partial charge in [0, 0.05) is 36.9 Å². The van der Waals surface area contributed by atoms with E-state index in [0.29, 0.717) is 36.0 Å². The first-order valence-electron chi connectivity index (χ1n) is 7.90. The number of fused-ring (bicyclic) bond motifs is 5. The Morgan fingerprint density at radius 3 is 2.40 bits per heavy atom. The van der Waals surface area contributed by atoms with Gasteiger partial charge in [-0.2, -0.15) is 0 Å². The van der Waals surface area contributed by atoms with Crippen LogP contribution in [0.15, 0.2) is 0 Å². The molecule has 0 aromatic heterocycles. The third kappa shape index (κ3) is 2.26. The van der Waals surface area contributed by atoms with Gasteiger partial charge in [0.15, 0.2) is 0 Å². The van der Waals surface area contributed by atoms with Gasteiger partial charge in [-0.1, -0.05) is 0 Å². The second-order valence-electron chi connectivity index (χ2n) is 6.94. The third-order valence-corrected chi connectivity index (χ3v) is 5.74. The van der Waals surface area contributed by atoms with Crippen molar-refractivity contribution >= 4 is 18.3 Å². The van der Waals surface area contributed by atoms with Crippen molar-refractivity contribution in [2.45, 2.75) is 50.9 Å². The molecule has 114 valence electrons. The van der Waals surface area contributed by atoms with E-state index in [-0.39, 0.29) is 18.3 Å². The SMILES string of the molecule is C[C@H]1C[C@@H](C(=O)N2CC3C4CCC(O4)C3C2)CCN1.Cl. The van der Waals surface area contributed by atoms with E-state index in [2.05, 4.69) is 17.1 Å². The maximum Gasteiger partial charge on any atom is 0.225 e. The molecule has 4 fully saturated rings. The number of carbonyl (C=O) groups excluding carboxylic acids is 1. The van der Waals surface area contributed by atoms with Crippen molar-refractivity contribution in [3.05, 3.63) is 0 Å². The standard InChI is InChI=1S/C15H24N2O2.ClH/c1-9-6-10(4-5-16-9)15(18)17-7-11-12(8-17)14-3-2-13(11)19-14;/h9-14,16H,2-8H2,1H3;1H/t9-,10-,11?,12?,13?,14?;/m0./s1. The summed E-state index contributed by atoms with van der Waals surface area (Å²) in [4.78, 5) is 14.8. The molecule has 4 heterocycles. The average molecular weight is 301 g/mol. The number of likely N-dealkylation sites (tertiary alicyclic amines) is 1. The van der Waals surface area contributed by atoms with Crippen LogP contribution in [0.2, 0.25) is 0 Å². The first-order chi connectivity index (χ1) is 9.22. The predicted octanol–water partition coefficient (Wildman–Crippen LogP) is 1.43. The predicted molar refractivity (Wildman–Crippen MR) is 78.9 cm³/mol. The van der Waals surface area contributed by atoms with Gasteiger partial charge in [-0.05, 0) is 39.2 Å². The molecule has 6 atom stereocenters. The van der Waals surface area contributed by atoms with Crippen LogP contribution in [0.3, 0.4) is 0 Å². The highest BCUT2D eigenvalue weighted by Crippen LogP contribution is 2.47. The zero-order valence-corrected chi connectivity index (χ0v) is 12.9. The highest BCUT2D eigenvalue weighted by Gasteiger charge is 2.54. The average Bonchev–Trinajstić information content (AvgIpc) is 3.10. The van der Waals surface area contributed by atoms with Crippen molar-refractivity contribution in [1.29, 1.82) is 0 Å². The minimum atomic E-state index is 0. The van der Waals surface area contributed by atoms with Crippen LogP contribution in [0.25, 0.3) is 0 Å². The van der Waals surface area contributed by atoms with Gasteiger partial charge < -0.3 is 15.0 Å². The molecule has 0 aromatic carbocycles. The smallest absolute Gasteiger partial charge is 0.225 e. The number of carbonyl (C=O) groups is 1. The van der Waals surface area contributed by atoms with E-state index in [9.17, 15) is 4.79 Å². The van der Waals surface area contributed by atoms with Gasteiger partial charge >= 0.3 is 0 Å². The molecule has 0 aromatic rings. The Morgan fingerprint density at radius 2 is 1.80 bits per heavy atom. The van der Waals surface area contributed by atoms with Crippen LogP contribution in [-0.4, -0.2) is 48.7 Å². The molecule has 4 nitrogen and oxygen atoms in total. The molecule has 0 spiro atoms. The lowest BCUT2D eigenvalue weighted by molar-refractivity contribution is -0.136. The van der Waals surface area contributed by atoms with E-state index in [1.165, 1.54) is 12.8 Å². The van der Waals surface area contributed by atoms with E-state index < -0.39 is 0 Å². The van der Waals surface area contributed by atoms with Crippen molar-refractivity contribution in [3.63, 3.8) is 0 Å². The summed E-state index contributed by atoms with van der Waals surface area (Å²) in [5.41, 5.74) is 0. The summed E-state index contributed by atoms with van der Waals surface area (Å²) in [6.07, 6.45) is 5.38. The molecule has 2 bridgehead atoms. The minimum Gasteiger partial charge on any atom is -0.374 e. The monoisotopic (exact) mass is 300 g/mol. The number of rotatable bonds is 1. The molecular formula is C15H25ClN2O2. The van der Waals surface area contributed by atoms with Crippen LogP contribution < -0.4 is 5.32 Å². The van der Waals surface area contributed by atoms with Gasteiger partial charge in [-0.3, -0.25) is 4.79 Å². The fraction of sp³-hybridized carbons (Fsp3) is 0.933. The van der Waals surface area contributed by atoms with Crippen molar-refractivity contribution in [1.82, 2.24) is 10.2 Å². The number of nitrogens with zero attached hydrogens (tertiary/aromatic N) is 1. The summed E-state index contributed by atoms with van der Waals surface area (Å²) < 4.78 is 5.98. The number of ether oxygens (including phenoxy) is 1. The Kier molecular flexibility index (Phi) is 3.99. The van der Waals surface area contributed by atoms with Gasteiger partial charge in [0.05, 0.1) is 12.2 Å². The molecule has 4 rings (SSSR count). The van der Waals surface area contributed by atoms with Gasteiger partial charge in [-0.15, -0.1) is 12.4 Å². The molecule has 4 aliphatic heterocycles. The summed E-state index contributed by atoms with van der Waals surface area (Å²) in [6, 6.07) is 0.490. The molecular weight excluding hydrogens is 276 g/mol. The molecule has 1 N–H and O–H groups in total. The zero-order chi connectivity index (χ0) is 13.0. The van der Waals surface area contributed by atoms with Crippen LogP contribution in [0.1, 0.15) is 32.6 Å². The second-order valence-corrected chi connectivity index (χ2v) is 6.94. The third-order valence-electron chi connectivity index (χ3n) is 5.74. The number of hydrogen-bond acceptors (Lipinski definition) is 3. The number of nitrogens with one attached hydrogen (secondary N) is 1. The number of halogens is 1. The molecule has 0 radical (unpaired) electrons. The minimum absolute atomic E-state index is 0. The van der Waals surface area contributed by atoms with E-state index >= 15 is 0 Å². The Hall–Kier alpha value is -0.320. The summed E-state index contributed by atoms with van der Waals surface area (Å²) >= 11 is 0. The Labute approximate surface area is 127 Å². The van der Waals surface area contributed by atoms with Crippen LogP contribution >= 0.6 is 12.4 Å². The molecule has 4 unspecified atom stereocenters. The Bertz CT molecular complexity index is 374. The van der Waals surface area contributed by atoms with Gasteiger partial charge in [0.1, 0.15) is 0 Å². The number of piperidine rings is 1. The van der Waals surface area contributed by atoms with Crippen molar-refractivity contribution in [2.24, 2.45) is 17.8 Å². The van der Waals surface area contributed by atoms with Gasteiger partial charge in [-0.25, -0.2) is 0 Å². The lowest BCUT2D eigenvalue weighted by Crippen LogP contribution is -2.44. The van der Waals surface area contributed by atoms with Crippen molar-refractivity contribution in [3.8, 4) is 0 Å². The highest BCUT2D eigenvalue weighted by atomic mass is 35.5. The molecule has 5 heteroatoms. The molecule has 0 aliphatic carbocycles. The van der Waals surface area contributed by atoms with Gasteiger partial charge in [0.25, 0.3) is 0 Å². The first-order valence-corrected chi connectivity index (χ1v) is 7.90. The van der Waals surface area contributed by atoms with Crippen LogP contribution in [0.4, 0.5) is 0 Å². The largest absolute Gasteiger partial charge is 0.374 e. The maximum absolute atomic E-state index is 12.7. The maximum atomic E-state index is 12.7. The lowest BCUT2D eigenvalue weighted by atomic mass is 9.82. The van der Waals surface area contributed by atoms with E-state index in [1.54, 1.807) is 0 Å². The summed E-state index contributed by atoms with van der Waals surface area (Å²) in [5, 5.41) is 3.43. The van der Waals surface area contributed by atoms with Crippen molar-refractivity contribution in [2.75, 3.05) is 19.6 Å². The van der Waals surface area contributed by atoms with Crippen molar-refractivity contribution < 1.29 is 9.53 Å². The quantitative estimate of drug-likeness (QED) is 0.796. The summed E-state index contributed by atoms with van der Waals surface area (Å²) in [6.45, 7) is 5.10. The molecule has 20 heavy (non-hydrogen) atoms. The van der Waals surface area contributed by atoms with E-state index in [1.807, 2.05) is 0 Å². The summed E-state index contributed by atoms with van der Waals surface area (Å²) in [7, 11) is 0. The topological polar surface area (TPSA) is 41.6 Å². The fourth-order valence-electron chi connectivity index (χ4n) is 4.75. The van der Waals surface area contributed by atoms with Crippen LogP contribution in [0, 0.1) is 17.8 Å². The zero-order valence-electron chi connectivity index (χ0n) is 12.1. The molecule has 0 saturated carbocycles. The van der Waals surface area contributed by atoms with Gasteiger partial charge in [0.2, 0.25) is 5.91 Å². The normalized spacial score (nSPS) is 46.1. The second kappa shape index (κ2) is 5.47. The van der Waals surface area contributed by atoms with Crippen LogP contribution in [-0.2, 0) is 9.53 Å². The van der Waals surface area contributed by atoms with Crippen LogP contribution in [0.5, 0.6) is 0 Å². The molecule has 4 saturated heterocycles. The first kappa shape index (κ1) is 14.6. The van der Waals surface area contributed by atoms with E-state index in [0.717, 1.165) is 32.5 Å². The highest BCUT2D eigenvalue weighted by molar-refractivity contribution is 5.85. The fourth-order valence-corrected chi connectivity index (χ4v) is 4.75. The Morgan fingerprint density at radius 1 is 1.15 bits per heavy atom. The van der Waals surface area contributed by atoms with E-state index in [4.69, 9.17) is 4.74 Å².